The van der Waals surface area contributed by atoms with Crippen LogP contribution in [-0.4, -0.2) is 41.1 Å². The molecule has 0 aliphatic carbocycles. The number of nitrogens with one attached hydrogen (secondary N) is 1. The minimum absolute atomic E-state index is 0.288. The molecule has 1 aromatic carbocycles. The van der Waals surface area contributed by atoms with E-state index >= 15 is 0 Å². The zero-order valence-corrected chi connectivity index (χ0v) is 11.1. The monoisotopic (exact) mass is 278 g/mol. The lowest BCUT2D eigenvalue weighted by atomic mass is 10.2. The zero-order chi connectivity index (χ0) is 13.3. The van der Waals surface area contributed by atoms with Crippen LogP contribution < -0.4 is 5.32 Å². The lowest BCUT2D eigenvalue weighted by molar-refractivity contribution is 0.591. The van der Waals surface area contributed by atoms with E-state index < -0.39 is 9.84 Å². The molecule has 1 unspecified atom stereocenters. The molecule has 0 amide bonds. The normalized spacial score (nSPS) is 21.6. The molecule has 19 heavy (non-hydrogen) atoms. The number of hydrogen-bond acceptors (Lipinski definition) is 6. The quantitative estimate of drug-likeness (QED) is 0.902. The fourth-order valence-corrected chi connectivity index (χ4v) is 4.01. The molecule has 3 rings (SSSR count). The second kappa shape index (κ2) is 4.73. The third-order valence-corrected chi connectivity index (χ3v) is 5.59. The molecule has 6 nitrogen and oxygen atoms in total. The van der Waals surface area contributed by atoms with Crippen molar-refractivity contribution in [1.29, 1.82) is 0 Å². The highest BCUT2D eigenvalue weighted by Gasteiger charge is 2.30. The van der Waals surface area contributed by atoms with Gasteiger partial charge in [-0.05, 0) is 25.0 Å². The van der Waals surface area contributed by atoms with E-state index in [9.17, 15) is 8.42 Å². The van der Waals surface area contributed by atoms with Crippen molar-refractivity contribution in [3.8, 4) is 0 Å². The molecule has 0 saturated carbocycles. The van der Waals surface area contributed by atoms with E-state index in [2.05, 4.69) is 20.5 Å². The van der Waals surface area contributed by atoms with E-state index in [1.807, 2.05) is 24.3 Å². The lowest BCUT2D eigenvalue weighted by Gasteiger charge is -2.10. The predicted molar refractivity (Wildman–Crippen MR) is 72.6 cm³/mol. The molecular weight excluding hydrogens is 264 g/mol. The van der Waals surface area contributed by atoms with Gasteiger partial charge < -0.3 is 5.32 Å². The van der Waals surface area contributed by atoms with E-state index in [1.54, 1.807) is 0 Å². The number of sulfone groups is 1. The Morgan fingerprint density at radius 2 is 2.00 bits per heavy atom. The number of para-hydroxylation sites is 1. The molecule has 1 atom stereocenters. The number of nitrogens with zero attached hydrogens (tertiary/aromatic N) is 3. The highest BCUT2D eigenvalue weighted by molar-refractivity contribution is 7.92. The van der Waals surface area contributed by atoms with E-state index in [4.69, 9.17) is 0 Å². The first-order valence-corrected chi connectivity index (χ1v) is 7.91. The number of hydrogen-bond donors (Lipinski definition) is 1. The first kappa shape index (κ1) is 12.3. The third kappa shape index (κ3) is 2.51. The van der Waals surface area contributed by atoms with Crippen LogP contribution in [0.5, 0.6) is 0 Å². The topological polar surface area (TPSA) is 84.8 Å². The predicted octanol–water partition coefficient (Wildman–Crippen LogP) is 1.01. The van der Waals surface area contributed by atoms with Crippen LogP contribution in [0, 0.1) is 0 Å². The highest BCUT2D eigenvalue weighted by atomic mass is 32.2. The van der Waals surface area contributed by atoms with E-state index in [0.29, 0.717) is 18.9 Å². The van der Waals surface area contributed by atoms with Crippen molar-refractivity contribution in [1.82, 2.24) is 15.2 Å². The van der Waals surface area contributed by atoms with Crippen molar-refractivity contribution in [3.05, 3.63) is 24.3 Å². The second-order valence-corrected chi connectivity index (χ2v) is 7.04. The molecule has 1 aromatic heterocycles. The minimum atomic E-state index is -2.94. The van der Waals surface area contributed by atoms with Gasteiger partial charge in [0.2, 0.25) is 5.95 Å². The van der Waals surface area contributed by atoms with Crippen molar-refractivity contribution >= 4 is 26.8 Å². The van der Waals surface area contributed by atoms with Gasteiger partial charge in [0.05, 0.1) is 16.5 Å². The van der Waals surface area contributed by atoms with Gasteiger partial charge in [0.1, 0.15) is 5.52 Å². The Hall–Kier alpha value is -1.76. The molecule has 1 fully saturated rings. The molecule has 1 aliphatic heterocycles. The van der Waals surface area contributed by atoms with Crippen LogP contribution in [-0.2, 0) is 9.84 Å². The van der Waals surface area contributed by atoms with Crippen LogP contribution in [0.4, 0.5) is 5.95 Å². The molecule has 7 heteroatoms. The highest BCUT2D eigenvalue weighted by Crippen LogP contribution is 2.20. The van der Waals surface area contributed by atoms with Gasteiger partial charge in [-0.15, -0.1) is 10.2 Å². The lowest BCUT2D eigenvalue weighted by Crippen LogP contribution is -2.25. The third-order valence-electron chi connectivity index (χ3n) is 3.31. The summed E-state index contributed by atoms with van der Waals surface area (Å²) in [5, 5.41) is 10.6. The van der Waals surface area contributed by atoms with Crippen LogP contribution in [0.1, 0.15) is 12.8 Å². The molecular formula is C12H14N4O2S. The summed E-state index contributed by atoms with van der Waals surface area (Å²) >= 11 is 0. The van der Waals surface area contributed by atoms with Gasteiger partial charge in [-0.25, -0.2) is 13.4 Å². The Labute approximate surface area is 111 Å². The van der Waals surface area contributed by atoms with Crippen LogP contribution in [0.15, 0.2) is 24.3 Å². The van der Waals surface area contributed by atoms with Gasteiger partial charge in [-0.1, -0.05) is 12.1 Å². The summed E-state index contributed by atoms with van der Waals surface area (Å²) in [5.74, 6) is 0.664. The number of benzene rings is 1. The summed E-state index contributed by atoms with van der Waals surface area (Å²) in [6, 6.07) is 7.43. The van der Waals surface area contributed by atoms with Gasteiger partial charge in [0.25, 0.3) is 0 Å². The van der Waals surface area contributed by atoms with Crippen LogP contribution in [0.3, 0.4) is 0 Å². The minimum Gasteiger partial charge on any atom is -0.352 e. The summed E-state index contributed by atoms with van der Waals surface area (Å²) in [7, 11) is -2.94. The van der Waals surface area contributed by atoms with Gasteiger partial charge in [0, 0.05) is 6.54 Å². The molecule has 0 radical (unpaired) electrons. The SMILES string of the molecule is O=S1(=O)CCCC1CNc1nnc2ccccc2n1. The molecule has 1 saturated heterocycles. The van der Waals surface area contributed by atoms with E-state index in [1.165, 1.54) is 0 Å². The Morgan fingerprint density at radius 1 is 1.21 bits per heavy atom. The standard InChI is InChI=1S/C12H14N4O2S/c17-19(18)7-3-4-9(19)8-13-12-14-10-5-1-2-6-11(10)15-16-12/h1-2,5-6,9H,3-4,7-8H2,(H,13,14,16). The van der Waals surface area contributed by atoms with Crippen molar-refractivity contribution in [2.45, 2.75) is 18.1 Å². The fourth-order valence-electron chi connectivity index (χ4n) is 2.25. The summed E-state index contributed by atoms with van der Waals surface area (Å²) in [6.45, 7) is 0.350. The molecule has 2 heterocycles. The largest absolute Gasteiger partial charge is 0.352 e. The maximum Gasteiger partial charge on any atom is 0.243 e. The molecule has 100 valence electrons. The van der Waals surface area contributed by atoms with Crippen molar-refractivity contribution in [2.75, 3.05) is 17.6 Å². The smallest absolute Gasteiger partial charge is 0.243 e. The Morgan fingerprint density at radius 3 is 2.74 bits per heavy atom. The maximum atomic E-state index is 11.7. The van der Waals surface area contributed by atoms with Crippen LogP contribution >= 0.6 is 0 Å². The Kier molecular flexibility index (Phi) is 3.06. The molecule has 0 spiro atoms. The maximum absolute atomic E-state index is 11.7. The van der Waals surface area contributed by atoms with Crippen molar-refractivity contribution < 1.29 is 8.42 Å². The summed E-state index contributed by atoms with van der Waals surface area (Å²) in [4.78, 5) is 4.30. The summed E-state index contributed by atoms with van der Waals surface area (Å²) < 4.78 is 23.4. The van der Waals surface area contributed by atoms with Crippen molar-refractivity contribution in [2.24, 2.45) is 0 Å². The number of aromatic nitrogens is 3. The summed E-state index contributed by atoms with van der Waals surface area (Å²) in [6.07, 6.45) is 1.45. The number of fused-ring (bicyclic) bond motifs is 1. The molecule has 0 bridgehead atoms. The van der Waals surface area contributed by atoms with Crippen LogP contribution in [0.25, 0.3) is 11.0 Å². The van der Waals surface area contributed by atoms with Gasteiger partial charge in [-0.3, -0.25) is 0 Å². The molecule has 1 N–H and O–H groups in total. The summed E-state index contributed by atoms with van der Waals surface area (Å²) in [5.41, 5.74) is 1.47. The second-order valence-electron chi connectivity index (χ2n) is 4.64. The van der Waals surface area contributed by atoms with E-state index in [-0.39, 0.29) is 11.0 Å². The van der Waals surface area contributed by atoms with Crippen LogP contribution in [0.2, 0.25) is 0 Å². The Bertz CT molecular complexity index is 702. The molecule has 2 aromatic rings. The average Bonchev–Trinajstić information content (AvgIpc) is 2.75. The fraction of sp³-hybridized carbons (Fsp3) is 0.417. The Balaban J connectivity index is 1.75. The molecule has 1 aliphatic rings. The zero-order valence-electron chi connectivity index (χ0n) is 10.3. The first-order chi connectivity index (χ1) is 9.15. The van der Waals surface area contributed by atoms with Gasteiger partial charge in [-0.2, -0.15) is 0 Å². The average molecular weight is 278 g/mol. The van der Waals surface area contributed by atoms with Crippen molar-refractivity contribution in [3.63, 3.8) is 0 Å². The number of rotatable bonds is 3. The van der Waals surface area contributed by atoms with E-state index in [0.717, 1.165) is 17.5 Å². The number of anilines is 1. The first-order valence-electron chi connectivity index (χ1n) is 6.20. The van der Waals surface area contributed by atoms with Gasteiger partial charge in [0.15, 0.2) is 9.84 Å². The van der Waals surface area contributed by atoms with Gasteiger partial charge >= 0.3 is 0 Å².